The van der Waals surface area contributed by atoms with E-state index < -0.39 is 0 Å². The highest BCUT2D eigenvalue weighted by molar-refractivity contribution is 7.09. The van der Waals surface area contributed by atoms with Crippen LogP contribution in [0.25, 0.3) is 6.08 Å². The van der Waals surface area contributed by atoms with E-state index >= 15 is 0 Å². The highest BCUT2D eigenvalue weighted by Gasteiger charge is 2.14. The highest BCUT2D eigenvalue weighted by Crippen LogP contribution is 2.38. The molecule has 10 heteroatoms. The van der Waals surface area contributed by atoms with Gasteiger partial charge in [-0.2, -0.15) is 9.36 Å². The van der Waals surface area contributed by atoms with E-state index in [0.717, 1.165) is 16.9 Å². The van der Waals surface area contributed by atoms with Gasteiger partial charge in [0.1, 0.15) is 12.2 Å². The first-order valence-corrected chi connectivity index (χ1v) is 10.8. The second-order valence-corrected chi connectivity index (χ2v) is 8.11. The number of hydrogen-bond donors (Lipinski definition) is 2. The molecule has 0 spiro atoms. The fraction of sp³-hybridized carbons (Fsp3) is 0.238. The van der Waals surface area contributed by atoms with Crippen molar-refractivity contribution in [1.29, 1.82) is 0 Å². The number of ether oxygens (including phenoxy) is 3. The van der Waals surface area contributed by atoms with Crippen molar-refractivity contribution >= 4 is 51.6 Å². The van der Waals surface area contributed by atoms with Gasteiger partial charge in [-0.3, -0.25) is 0 Å². The van der Waals surface area contributed by atoms with E-state index in [1.807, 2.05) is 31.2 Å². The quantitative estimate of drug-likeness (QED) is 0.459. The van der Waals surface area contributed by atoms with Crippen molar-refractivity contribution in [2.24, 2.45) is 0 Å². The number of hydrogen-bond acceptors (Lipinski definition) is 7. The summed E-state index contributed by atoms with van der Waals surface area (Å²) in [6, 6.07) is 9.19. The Balaban J connectivity index is 1.65. The van der Waals surface area contributed by atoms with Crippen LogP contribution >= 0.6 is 34.7 Å². The molecule has 0 saturated heterocycles. The van der Waals surface area contributed by atoms with Gasteiger partial charge in [0.05, 0.1) is 31.4 Å². The standard InChI is InChI=1S/C21H22Cl2N4O3S/c1-12(24-11-13-8-17(28-2)20(30-4)18(9-13)29-3)7-19-26-21(31-27-19)25-14-5-6-15(22)16(23)10-14/h5-10,24H,11H2,1-4H3,(H,25,26,27)/p+1. The molecule has 0 unspecified atom stereocenters. The summed E-state index contributed by atoms with van der Waals surface area (Å²) < 4.78 is 20.6. The average molecular weight is 482 g/mol. The lowest BCUT2D eigenvalue weighted by molar-refractivity contribution is -0.621. The topological polar surface area (TPSA) is 82.1 Å². The third-order valence-corrected chi connectivity index (χ3v) is 5.74. The fourth-order valence-electron chi connectivity index (χ4n) is 2.84. The molecule has 3 aromatic rings. The molecule has 164 valence electrons. The molecular formula is C21H23Cl2N4O3S+. The molecule has 1 heterocycles. The summed E-state index contributed by atoms with van der Waals surface area (Å²) in [4.78, 5) is 4.50. The Morgan fingerprint density at radius 2 is 1.77 bits per heavy atom. The molecule has 0 aliphatic carbocycles. The van der Waals surface area contributed by atoms with Gasteiger partial charge in [0, 0.05) is 35.8 Å². The van der Waals surface area contributed by atoms with E-state index in [9.17, 15) is 0 Å². The number of quaternary nitrogens is 1. The Hall–Kier alpha value is -2.52. The zero-order valence-corrected chi connectivity index (χ0v) is 19.9. The highest BCUT2D eigenvalue weighted by atomic mass is 35.5. The lowest BCUT2D eigenvalue weighted by Gasteiger charge is -2.13. The number of allylic oxidation sites excluding steroid dienone is 1. The van der Waals surface area contributed by atoms with Gasteiger partial charge in [-0.25, -0.2) is 0 Å². The maximum Gasteiger partial charge on any atom is 0.207 e. The van der Waals surface area contributed by atoms with Crippen LogP contribution in [-0.2, 0) is 6.54 Å². The van der Waals surface area contributed by atoms with Crippen molar-refractivity contribution in [3.8, 4) is 17.2 Å². The molecule has 0 amide bonds. The van der Waals surface area contributed by atoms with Gasteiger partial charge in [-0.15, -0.1) is 0 Å². The number of benzene rings is 2. The summed E-state index contributed by atoms with van der Waals surface area (Å²) >= 11 is 13.3. The van der Waals surface area contributed by atoms with Gasteiger partial charge in [-0.1, -0.05) is 23.2 Å². The van der Waals surface area contributed by atoms with Crippen LogP contribution in [0.4, 0.5) is 10.8 Å². The molecule has 3 rings (SSSR count). The summed E-state index contributed by atoms with van der Waals surface area (Å²) in [7, 11) is 4.80. The largest absolute Gasteiger partial charge is 0.493 e. The lowest BCUT2D eigenvalue weighted by atomic mass is 10.1. The van der Waals surface area contributed by atoms with Gasteiger partial charge in [0.2, 0.25) is 10.9 Å². The Kier molecular flexibility index (Phi) is 7.97. The summed E-state index contributed by atoms with van der Waals surface area (Å²) in [5.74, 6) is 2.47. The van der Waals surface area contributed by atoms with Crippen LogP contribution < -0.4 is 24.8 Å². The van der Waals surface area contributed by atoms with E-state index in [0.29, 0.717) is 44.8 Å². The number of methoxy groups -OCH3 is 3. The molecule has 0 atom stereocenters. The Labute approximate surface area is 195 Å². The van der Waals surface area contributed by atoms with Crippen LogP contribution in [0.1, 0.15) is 18.3 Å². The molecule has 1 aromatic heterocycles. The van der Waals surface area contributed by atoms with Crippen LogP contribution in [0.5, 0.6) is 17.2 Å². The fourth-order valence-corrected chi connectivity index (χ4v) is 3.71. The summed E-state index contributed by atoms with van der Waals surface area (Å²) in [6.45, 7) is 2.70. The maximum atomic E-state index is 6.05. The predicted octanol–water partition coefficient (Wildman–Crippen LogP) is 4.74. The van der Waals surface area contributed by atoms with Crippen molar-refractivity contribution in [1.82, 2.24) is 9.36 Å². The first kappa shape index (κ1) is 23.1. The first-order chi connectivity index (χ1) is 14.9. The van der Waals surface area contributed by atoms with E-state index in [4.69, 9.17) is 37.4 Å². The zero-order chi connectivity index (χ0) is 22.4. The van der Waals surface area contributed by atoms with Crippen LogP contribution in [0.3, 0.4) is 0 Å². The molecule has 0 saturated carbocycles. The maximum absolute atomic E-state index is 6.05. The molecule has 0 aliphatic rings. The van der Waals surface area contributed by atoms with Crippen molar-refractivity contribution in [3.63, 3.8) is 0 Å². The Morgan fingerprint density at radius 3 is 2.39 bits per heavy atom. The van der Waals surface area contributed by atoms with E-state index in [1.54, 1.807) is 33.5 Å². The molecule has 0 bridgehead atoms. The first-order valence-electron chi connectivity index (χ1n) is 9.29. The molecule has 0 radical (unpaired) electrons. The van der Waals surface area contributed by atoms with Crippen molar-refractivity contribution in [2.75, 3.05) is 26.6 Å². The van der Waals surface area contributed by atoms with E-state index in [2.05, 4.69) is 20.0 Å². The number of anilines is 2. The average Bonchev–Trinajstić information content (AvgIpc) is 3.20. The van der Waals surface area contributed by atoms with Gasteiger partial charge in [-0.05, 0) is 30.3 Å². The molecule has 7 nitrogen and oxygen atoms in total. The number of nitrogens with one attached hydrogen (secondary N) is 1. The molecule has 2 aromatic carbocycles. The van der Waals surface area contributed by atoms with Crippen molar-refractivity contribution in [2.45, 2.75) is 13.5 Å². The number of nitrogens with two attached hydrogens (primary N) is 1. The third kappa shape index (κ3) is 6.01. The summed E-state index contributed by atoms with van der Waals surface area (Å²) in [5, 5.41) is 6.93. The Morgan fingerprint density at radius 1 is 1.06 bits per heavy atom. The number of halogens is 2. The predicted molar refractivity (Wildman–Crippen MR) is 125 cm³/mol. The minimum Gasteiger partial charge on any atom is -0.493 e. The SMILES string of the molecule is COc1cc(C[NH2+]C(C)=Cc2nsc(Nc3ccc(Cl)c(Cl)c3)n2)cc(OC)c1OC. The number of aromatic nitrogens is 2. The van der Waals surface area contributed by atoms with Crippen LogP contribution in [-0.4, -0.2) is 30.7 Å². The Bertz CT molecular complexity index is 1060. The third-order valence-electron chi connectivity index (χ3n) is 4.35. The lowest BCUT2D eigenvalue weighted by Crippen LogP contribution is -2.79. The van der Waals surface area contributed by atoms with Gasteiger partial charge in [0.25, 0.3) is 0 Å². The van der Waals surface area contributed by atoms with Crippen LogP contribution in [0, 0.1) is 0 Å². The minimum atomic E-state index is 0.480. The molecular weight excluding hydrogens is 459 g/mol. The smallest absolute Gasteiger partial charge is 0.207 e. The van der Waals surface area contributed by atoms with Crippen LogP contribution in [0.2, 0.25) is 10.0 Å². The zero-order valence-electron chi connectivity index (χ0n) is 17.5. The van der Waals surface area contributed by atoms with Gasteiger partial charge < -0.3 is 24.8 Å². The van der Waals surface area contributed by atoms with Crippen LogP contribution in [0.15, 0.2) is 36.0 Å². The van der Waals surface area contributed by atoms with E-state index in [-0.39, 0.29) is 0 Å². The second kappa shape index (κ2) is 10.7. The number of rotatable bonds is 9. The van der Waals surface area contributed by atoms with E-state index in [1.165, 1.54) is 11.5 Å². The normalized spacial score (nSPS) is 11.4. The minimum absolute atomic E-state index is 0.480. The second-order valence-electron chi connectivity index (χ2n) is 6.54. The molecule has 3 N–H and O–H groups in total. The van der Waals surface area contributed by atoms with Crippen molar-refractivity contribution < 1.29 is 19.5 Å². The number of nitrogens with zero attached hydrogens (tertiary/aromatic N) is 2. The molecule has 0 fully saturated rings. The molecule has 0 aliphatic heterocycles. The van der Waals surface area contributed by atoms with Gasteiger partial charge in [0.15, 0.2) is 17.3 Å². The monoisotopic (exact) mass is 481 g/mol. The summed E-state index contributed by atoms with van der Waals surface area (Å²) in [6.07, 6.45) is 1.93. The molecule has 31 heavy (non-hydrogen) atoms. The van der Waals surface area contributed by atoms with Crippen molar-refractivity contribution in [3.05, 3.63) is 57.5 Å². The van der Waals surface area contributed by atoms with Gasteiger partial charge >= 0.3 is 0 Å². The summed E-state index contributed by atoms with van der Waals surface area (Å²) in [5.41, 5.74) is 2.87.